The van der Waals surface area contributed by atoms with Crippen molar-refractivity contribution in [1.82, 2.24) is 4.90 Å². The van der Waals surface area contributed by atoms with E-state index < -0.39 is 5.97 Å². The molecule has 1 fully saturated rings. The van der Waals surface area contributed by atoms with Gasteiger partial charge in [0.05, 0.1) is 0 Å². The van der Waals surface area contributed by atoms with Crippen LogP contribution in [0.25, 0.3) is 0 Å². The lowest BCUT2D eigenvalue weighted by Gasteiger charge is -2.40. The summed E-state index contributed by atoms with van der Waals surface area (Å²) in [7, 11) is 0. The third kappa shape index (κ3) is 3.30. The SMILES string of the molecule is CC(CC(=O)O)CN1CC(c2ccccc2)C1. The second-order valence-corrected chi connectivity index (χ2v) is 5.03. The fourth-order valence-electron chi connectivity index (χ4n) is 2.46. The summed E-state index contributed by atoms with van der Waals surface area (Å²) in [5, 5.41) is 8.70. The summed E-state index contributed by atoms with van der Waals surface area (Å²) in [4.78, 5) is 12.9. The molecule has 1 aliphatic rings. The standard InChI is InChI=1S/C14H19NO2/c1-11(7-14(16)17)8-15-9-13(10-15)12-5-3-2-4-6-12/h2-6,11,13H,7-10H2,1H3,(H,16,17). The maximum atomic E-state index is 10.6. The summed E-state index contributed by atoms with van der Waals surface area (Å²) in [5.74, 6) is 0.176. The second-order valence-electron chi connectivity index (χ2n) is 5.03. The van der Waals surface area contributed by atoms with Gasteiger partial charge in [-0.15, -0.1) is 0 Å². The summed E-state index contributed by atoms with van der Waals surface area (Å²) < 4.78 is 0. The van der Waals surface area contributed by atoms with Crippen molar-refractivity contribution >= 4 is 5.97 Å². The molecule has 1 aromatic carbocycles. The summed E-state index contributed by atoms with van der Waals surface area (Å²) in [5.41, 5.74) is 1.40. The van der Waals surface area contributed by atoms with Crippen molar-refractivity contribution in [2.24, 2.45) is 5.92 Å². The van der Waals surface area contributed by atoms with Crippen LogP contribution in [0.4, 0.5) is 0 Å². The molecule has 2 rings (SSSR count). The Balaban J connectivity index is 1.74. The van der Waals surface area contributed by atoms with Crippen LogP contribution in [-0.2, 0) is 4.79 Å². The molecule has 0 aliphatic carbocycles. The Bertz CT molecular complexity index is 371. The summed E-state index contributed by atoms with van der Waals surface area (Å²) >= 11 is 0. The Morgan fingerprint density at radius 2 is 2.06 bits per heavy atom. The molecule has 0 bridgehead atoms. The minimum absolute atomic E-state index is 0.240. The van der Waals surface area contributed by atoms with E-state index >= 15 is 0 Å². The van der Waals surface area contributed by atoms with Gasteiger partial charge >= 0.3 is 5.97 Å². The predicted molar refractivity (Wildman–Crippen MR) is 67.0 cm³/mol. The van der Waals surface area contributed by atoms with Gasteiger partial charge in [-0.2, -0.15) is 0 Å². The number of aliphatic carboxylic acids is 1. The van der Waals surface area contributed by atoms with Gasteiger partial charge in [-0.05, 0) is 11.5 Å². The molecule has 17 heavy (non-hydrogen) atoms. The van der Waals surface area contributed by atoms with Crippen LogP contribution in [0, 0.1) is 5.92 Å². The fraction of sp³-hybridized carbons (Fsp3) is 0.500. The van der Waals surface area contributed by atoms with Gasteiger partial charge in [-0.3, -0.25) is 4.79 Å². The summed E-state index contributed by atoms with van der Waals surface area (Å²) in [6.45, 7) is 5.03. The van der Waals surface area contributed by atoms with E-state index in [1.54, 1.807) is 0 Å². The molecule has 3 heteroatoms. The molecule has 0 radical (unpaired) electrons. The lowest BCUT2D eigenvalue weighted by molar-refractivity contribution is -0.138. The van der Waals surface area contributed by atoms with E-state index in [4.69, 9.17) is 5.11 Å². The molecule has 1 heterocycles. The van der Waals surface area contributed by atoms with Gasteiger partial charge in [0.1, 0.15) is 0 Å². The summed E-state index contributed by atoms with van der Waals surface area (Å²) in [6, 6.07) is 10.5. The van der Waals surface area contributed by atoms with E-state index in [1.165, 1.54) is 5.56 Å². The number of hydrogen-bond acceptors (Lipinski definition) is 2. The van der Waals surface area contributed by atoms with Gasteiger partial charge in [0.25, 0.3) is 0 Å². The van der Waals surface area contributed by atoms with Gasteiger partial charge in [-0.25, -0.2) is 0 Å². The molecule has 1 saturated heterocycles. The third-order valence-corrected chi connectivity index (χ3v) is 3.32. The van der Waals surface area contributed by atoms with Crippen molar-refractivity contribution in [3.63, 3.8) is 0 Å². The molecule has 1 unspecified atom stereocenters. The highest BCUT2D eigenvalue weighted by atomic mass is 16.4. The lowest BCUT2D eigenvalue weighted by Crippen LogP contribution is -2.46. The highest BCUT2D eigenvalue weighted by molar-refractivity contribution is 5.66. The van der Waals surface area contributed by atoms with Crippen LogP contribution < -0.4 is 0 Å². The second kappa shape index (κ2) is 5.32. The van der Waals surface area contributed by atoms with Gasteiger partial charge < -0.3 is 10.0 Å². The average molecular weight is 233 g/mol. The Hall–Kier alpha value is -1.35. The number of carboxylic acid groups (broad SMARTS) is 1. The molecule has 1 atom stereocenters. The Labute approximate surface area is 102 Å². The van der Waals surface area contributed by atoms with Crippen LogP contribution >= 0.6 is 0 Å². The van der Waals surface area contributed by atoms with Crippen LogP contribution in [0.3, 0.4) is 0 Å². The van der Waals surface area contributed by atoms with Crippen LogP contribution in [0.2, 0.25) is 0 Å². The van der Waals surface area contributed by atoms with Gasteiger partial charge in [0, 0.05) is 32.0 Å². The maximum Gasteiger partial charge on any atom is 0.303 e. The smallest absolute Gasteiger partial charge is 0.303 e. The minimum Gasteiger partial charge on any atom is -0.481 e. The van der Waals surface area contributed by atoms with E-state index in [9.17, 15) is 4.79 Å². The normalized spacial score (nSPS) is 18.6. The molecule has 3 nitrogen and oxygen atoms in total. The van der Waals surface area contributed by atoms with E-state index in [0.29, 0.717) is 5.92 Å². The molecule has 0 aromatic heterocycles. The first-order chi connectivity index (χ1) is 8.15. The maximum absolute atomic E-state index is 10.6. The number of likely N-dealkylation sites (tertiary alicyclic amines) is 1. The summed E-state index contributed by atoms with van der Waals surface area (Å²) in [6.07, 6.45) is 0.270. The largest absolute Gasteiger partial charge is 0.481 e. The Morgan fingerprint density at radius 1 is 1.41 bits per heavy atom. The first kappa shape index (κ1) is 12.1. The van der Waals surface area contributed by atoms with Crippen molar-refractivity contribution in [2.45, 2.75) is 19.3 Å². The zero-order chi connectivity index (χ0) is 12.3. The molecule has 1 aromatic rings. The molecular formula is C14H19NO2. The number of nitrogens with zero attached hydrogens (tertiary/aromatic N) is 1. The molecule has 0 saturated carbocycles. The molecular weight excluding hydrogens is 214 g/mol. The highest BCUT2D eigenvalue weighted by Crippen LogP contribution is 2.27. The molecule has 1 N–H and O–H groups in total. The fourth-order valence-corrected chi connectivity index (χ4v) is 2.46. The number of carbonyl (C=O) groups is 1. The average Bonchev–Trinajstić information content (AvgIpc) is 2.23. The first-order valence-corrected chi connectivity index (χ1v) is 6.14. The van der Waals surface area contributed by atoms with Gasteiger partial charge in [0.2, 0.25) is 0 Å². The number of benzene rings is 1. The van der Waals surface area contributed by atoms with Crippen LogP contribution in [-0.4, -0.2) is 35.6 Å². The van der Waals surface area contributed by atoms with Crippen molar-refractivity contribution in [3.05, 3.63) is 35.9 Å². The van der Waals surface area contributed by atoms with E-state index in [1.807, 2.05) is 13.0 Å². The van der Waals surface area contributed by atoms with Gasteiger partial charge in [0.15, 0.2) is 0 Å². The third-order valence-electron chi connectivity index (χ3n) is 3.32. The van der Waals surface area contributed by atoms with E-state index in [0.717, 1.165) is 19.6 Å². The number of rotatable bonds is 5. The number of hydrogen-bond donors (Lipinski definition) is 1. The van der Waals surface area contributed by atoms with Crippen molar-refractivity contribution in [1.29, 1.82) is 0 Å². The quantitative estimate of drug-likeness (QED) is 0.847. The number of carboxylic acids is 1. The monoisotopic (exact) mass is 233 g/mol. The van der Waals surface area contributed by atoms with Crippen molar-refractivity contribution in [2.75, 3.05) is 19.6 Å². The molecule has 0 spiro atoms. The minimum atomic E-state index is -0.697. The molecule has 92 valence electrons. The first-order valence-electron chi connectivity index (χ1n) is 6.14. The topological polar surface area (TPSA) is 40.5 Å². The molecule has 1 aliphatic heterocycles. The zero-order valence-electron chi connectivity index (χ0n) is 10.2. The Kier molecular flexibility index (Phi) is 3.79. The predicted octanol–water partition coefficient (Wildman–Crippen LogP) is 2.20. The van der Waals surface area contributed by atoms with Crippen molar-refractivity contribution in [3.8, 4) is 0 Å². The van der Waals surface area contributed by atoms with E-state index in [-0.39, 0.29) is 12.3 Å². The van der Waals surface area contributed by atoms with Gasteiger partial charge in [-0.1, -0.05) is 37.3 Å². The Morgan fingerprint density at radius 3 is 2.65 bits per heavy atom. The van der Waals surface area contributed by atoms with E-state index in [2.05, 4.69) is 29.2 Å². The highest BCUT2D eigenvalue weighted by Gasteiger charge is 2.28. The lowest BCUT2D eigenvalue weighted by atomic mass is 9.90. The van der Waals surface area contributed by atoms with Crippen LogP contribution in [0.1, 0.15) is 24.8 Å². The molecule has 0 amide bonds. The van der Waals surface area contributed by atoms with Crippen molar-refractivity contribution < 1.29 is 9.90 Å². The zero-order valence-corrected chi connectivity index (χ0v) is 10.2. The van der Waals surface area contributed by atoms with Crippen LogP contribution in [0.5, 0.6) is 0 Å². The van der Waals surface area contributed by atoms with Crippen LogP contribution in [0.15, 0.2) is 30.3 Å².